The van der Waals surface area contributed by atoms with Crippen molar-refractivity contribution >= 4 is 21.6 Å². The molecule has 2 N–H and O–H groups in total. The highest BCUT2D eigenvalue weighted by Gasteiger charge is 2.49. The topological polar surface area (TPSA) is 79.3 Å². The van der Waals surface area contributed by atoms with Gasteiger partial charge >= 0.3 is 0 Å². The smallest absolute Gasteiger partial charge is 0.248 e. The molecule has 1 unspecified atom stereocenters. The fraction of sp³-hybridized carbons (Fsp3) is 0.688. The number of alkyl halides is 2. The van der Waals surface area contributed by atoms with Gasteiger partial charge in [0.15, 0.2) is 0 Å². The van der Waals surface area contributed by atoms with E-state index in [1.54, 1.807) is 6.07 Å². The van der Waals surface area contributed by atoms with E-state index in [9.17, 15) is 22.3 Å². The maximum absolute atomic E-state index is 13.5. The van der Waals surface area contributed by atoms with Crippen LogP contribution in [0, 0.1) is 0 Å². The second-order valence-electron chi connectivity index (χ2n) is 7.51. The number of nitrogens with zero attached hydrogens (tertiary/aromatic N) is 1. The van der Waals surface area contributed by atoms with Crippen molar-refractivity contribution in [2.75, 3.05) is 0 Å². The molecule has 1 aromatic rings. The van der Waals surface area contributed by atoms with Gasteiger partial charge in [0.05, 0.1) is 22.1 Å². The minimum absolute atomic E-state index is 0.127. The molecule has 0 aliphatic heterocycles. The Morgan fingerprint density at radius 1 is 1.24 bits per heavy atom. The summed E-state index contributed by atoms with van der Waals surface area (Å²) in [5.41, 5.74) is -1.47. The first kappa shape index (κ1) is 20.5. The minimum Gasteiger partial charge on any atom is -0.388 e. The molecule has 1 aliphatic rings. The molecular weight excluding hydrogens is 374 g/mol. The molecule has 1 heterocycles. The summed E-state index contributed by atoms with van der Waals surface area (Å²) in [4.78, 5) is 4.09. The largest absolute Gasteiger partial charge is 0.388 e. The van der Waals surface area contributed by atoms with E-state index in [0.717, 1.165) is 0 Å². The van der Waals surface area contributed by atoms with Gasteiger partial charge in [-0.3, -0.25) is 0 Å². The van der Waals surface area contributed by atoms with Crippen molar-refractivity contribution in [2.24, 2.45) is 0 Å². The Labute approximate surface area is 151 Å². The Balaban J connectivity index is 2.43. The molecule has 0 spiro atoms. The molecule has 1 fully saturated rings. The summed E-state index contributed by atoms with van der Waals surface area (Å²) >= 11 is 5.89. The monoisotopic (exact) mass is 396 g/mol. The number of hydrogen-bond acceptors (Lipinski definition) is 4. The first-order valence-electron chi connectivity index (χ1n) is 8.00. The van der Waals surface area contributed by atoms with E-state index in [4.69, 9.17) is 11.6 Å². The van der Waals surface area contributed by atoms with Gasteiger partial charge in [-0.25, -0.2) is 26.9 Å². The van der Waals surface area contributed by atoms with Crippen LogP contribution in [-0.2, 0) is 10.0 Å². The summed E-state index contributed by atoms with van der Waals surface area (Å²) in [6.07, 6.45) is -1.52. The predicted octanol–water partition coefficient (Wildman–Crippen LogP) is 3.43. The summed E-state index contributed by atoms with van der Waals surface area (Å²) in [5.74, 6) is -2.86. The Morgan fingerprint density at radius 3 is 2.28 bits per heavy atom. The van der Waals surface area contributed by atoms with Crippen molar-refractivity contribution in [1.82, 2.24) is 9.71 Å². The SMILES string of the molecule is CC(C)(C)S(=O)(=O)NC(c1cccc(Cl)n1)C1(O)CCC(F)(F)CC1. The van der Waals surface area contributed by atoms with E-state index in [-0.39, 0.29) is 23.7 Å². The lowest BCUT2D eigenvalue weighted by atomic mass is 9.77. The van der Waals surface area contributed by atoms with Crippen LogP contribution in [0.2, 0.25) is 5.15 Å². The molecule has 0 bridgehead atoms. The van der Waals surface area contributed by atoms with Crippen LogP contribution in [0.1, 0.15) is 58.2 Å². The number of rotatable bonds is 4. The van der Waals surface area contributed by atoms with E-state index in [1.807, 2.05) is 0 Å². The van der Waals surface area contributed by atoms with Gasteiger partial charge in [0.25, 0.3) is 0 Å². The third kappa shape index (κ3) is 4.67. The van der Waals surface area contributed by atoms with Crippen LogP contribution in [0.3, 0.4) is 0 Å². The lowest BCUT2D eigenvalue weighted by Gasteiger charge is -2.42. The molecule has 1 atom stereocenters. The van der Waals surface area contributed by atoms with Gasteiger partial charge in [0.1, 0.15) is 5.15 Å². The number of nitrogens with one attached hydrogen (secondary N) is 1. The number of aliphatic hydroxyl groups is 1. The van der Waals surface area contributed by atoms with E-state index in [2.05, 4.69) is 9.71 Å². The van der Waals surface area contributed by atoms with Crippen molar-refractivity contribution in [3.8, 4) is 0 Å². The lowest BCUT2D eigenvalue weighted by Crippen LogP contribution is -2.52. The molecule has 25 heavy (non-hydrogen) atoms. The number of pyridine rings is 1. The lowest BCUT2D eigenvalue weighted by molar-refractivity contribution is -0.115. The first-order chi connectivity index (χ1) is 11.3. The molecule has 142 valence electrons. The summed E-state index contributed by atoms with van der Waals surface area (Å²) < 4.78 is 53.6. The zero-order valence-electron chi connectivity index (χ0n) is 14.4. The summed E-state index contributed by atoms with van der Waals surface area (Å²) in [5, 5.41) is 11.1. The van der Waals surface area contributed by atoms with E-state index in [1.165, 1.54) is 32.9 Å². The highest BCUT2D eigenvalue weighted by molar-refractivity contribution is 7.90. The van der Waals surface area contributed by atoms with Crippen LogP contribution in [0.15, 0.2) is 18.2 Å². The van der Waals surface area contributed by atoms with Crippen molar-refractivity contribution in [3.63, 3.8) is 0 Å². The predicted molar refractivity (Wildman–Crippen MR) is 92.2 cm³/mol. The van der Waals surface area contributed by atoms with Crippen LogP contribution < -0.4 is 4.72 Å². The first-order valence-corrected chi connectivity index (χ1v) is 9.86. The van der Waals surface area contributed by atoms with Gasteiger partial charge in [-0.05, 0) is 45.7 Å². The Morgan fingerprint density at radius 2 is 1.80 bits per heavy atom. The summed E-state index contributed by atoms with van der Waals surface area (Å²) in [7, 11) is -3.85. The van der Waals surface area contributed by atoms with Crippen LogP contribution >= 0.6 is 11.6 Å². The van der Waals surface area contributed by atoms with E-state index >= 15 is 0 Å². The van der Waals surface area contributed by atoms with Gasteiger partial charge in [0.2, 0.25) is 15.9 Å². The van der Waals surface area contributed by atoms with Gasteiger partial charge in [-0.15, -0.1) is 0 Å². The van der Waals surface area contributed by atoms with Crippen LogP contribution in [-0.4, -0.2) is 34.8 Å². The Kier molecular flexibility index (Phi) is 5.50. The molecule has 2 rings (SSSR count). The van der Waals surface area contributed by atoms with Crippen molar-refractivity contribution in [2.45, 2.75) is 68.8 Å². The minimum atomic E-state index is -3.85. The molecule has 0 saturated heterocycles. The normalized spacial score (nSPS) is 21.7. The molecule has 0 amide bonds. The summed E-state index contributed by atoms with van der Waals surface area (Å²) in [6, 6.07) is 3.45. The van der Waals surface area contributed by atoms with Gasteiger partial charge in [-0.2, -0.15) is 0 Å². The fourth-order valence-corrected chi connectivity index (χ4v) is 3.87. The summed E-state index contributed by atoms with van der Waals surface area (Å²) in [6.45, 7) is 4.53. The Hall–Kier alpha value is -0.830. The molecule has 1 aromatic heterocycles. The number of sulfonamides is 1. The fourth-order valence-electron chi connectivity index (χ4n) is 2.70. The maximum atomic E-state index is 13.5. The standard InChI is InChI=1S/C16H23ClF2N2O3S/c1-14(2,3)25(23,24)21-13(11-5-4-6-12(17)20-11)15(22)7-9-16(18,19)10-8-15/h4-6,13,21-22H,7-10H2,1-3H3. The van der Waals surface area contributed by atoms with Gasteiger partial charge < -0.3 is 5.11 Å². The number of halogens is 3. The molecule has 1 aliphatic carbocycles. The highest BCUT2D eigenvalue weighted by atomic mass is 35.5. The second-order valence-corrected chi connectivity index (χ2v) is 10.4. The Bertz CT molecular complexity index is 725. The van der Waals surface area contributed by atoms with Crippen molar-refractivity contribution in [1.29, 1.82) is 0 Å². The molecule has 5 nitrogen and oxygen atoms in total. The molecule has 0 aromatic carbocycles. The van der Waals surface area contributed by atoms with Crippen molar-refractivity contribution in [3.05, 3.63) is 29.0 Å². The van der Waals surface area contributed by atoms with Crippen LogP contribution in [0.5, 0.6) is 0 Å². The molecule has 9 heteroatoms. The second kappa shape index (κ2) is 6.72. The number of aromatic nitrogens is 1. The van der Waals surface area contributed by atoms with Gasteiger partial charge in [-0.1, -0.05) is 17.7 Å². The quantitative estimate of drug-likeness (QED) is 0.764. The molecule has 1 saturated carbocycles. The zero-order chi connectivity index (χ0) is 19.1. The molecular formula is C16H23ClF2N2O3S. The van der Waals surface area contributed by atoms with Crippen LogP contribution in [0.25, 0.3) is 0 Å². The maximum Gasteiger partial charge on any atom is 0.248 e. The highest BCUT2D eigenvalue weighted by Crippen LogP contribution is 2.44. The van der Waals surface area contributed by atoms with E-state index in [0.29, 0.717) is 0 Å². The third-order valence-corrected chi connectivity index (χ3v) is 6.87. The molecule has 0 radical (unpaired) electrons. The average Bonchev–Trinajstić information content (AvgIpc) is 2.47. The van der Waals surface area contributed by atoms with E-state index < -0.39 is 45.2 Å². The van der Waals surface area contributed by atoms with Crippen LogP contribution in [0.4, 0.5) is 8.78 Å². The zero-order valence-corrected chi connectivity index (χ0v) is 16.0. The average molecular weight is 397 g/mol. The van der Waals surface area contributed by atoms with Crippen molar-refractivity contribution < 1.29 is 22.3 Å². The van der Waals surface area contributed by atoms with Gasteiger partial charge in [0, 0.05) is 12.8 Å². The number of hydrogen-bond donors (Lipinski definition) is 2. The third-order valence-electron chi connectivity index (χ3n) is 4.50.